The minimum absolute atomic E-state index is 0.00308. The Morgan fingerprint density at radius 3 is 2.75 bits per heavy atom. The first-order valence-electron chi connectivity index (χ1n) is 4.73. The van der Waals surface area contributed by atoms with Gasteiger partial charge in [0.05, 0.1) is 7.11 Å². The minimum Gasteiger partial charge on any atom is -0.463 e. The van der Waals surface area contributed by atoms with Gasteiger partial charge >= 0.3 is 5.97 Å². The minimum atomic E-state index is -3.64. The highest BCUT2D eigenvalue weighted by Crippen LogP contribution is 2.23. The lowest BCUT2D eigenvalue weighted by Gasteiger charge is -2.00. The van der Waals surface area contributed by atoms with Crippen molar-refractivity contribution in [3.8, 4) is 0 Å². The van der Waals surface area contributed by atoms with E-state index in [0.717, 1.165) is 12.8 Å². The third-order valence-electron chi connectivity index (χ3n) is 2.13. The van der Waals surface area contributed by atoms with Crippen molar-refractivity contribution < 1.29 is 22.4 Å². The number of furan rings is 1. The Bertz CT molecular complexity index is 500. The molecule has 2 rings (SSSR count). The molecular weight excluding hydrogens is 234 g/mol. The van der Waals surface area contributed by atoms with Gasteiger partial charge in [0, 0.05) is 6.04 Å². The van der Waals surface area contributed by atoms with Crippen molar-refractivity contribution in [1.82, 2.24) is 4.72 Å². The van der Waals surface area contributed by atoms with Gasteiger partial charge in [-0.1, -0.05) is 0 Å². The third kappa shape index (κ3) is 2.25. The molecule has 0 radical (unpaired) electrons. The highest BCUT2D eigenvalue weighted by molar-refractivity contribution is 7.89. The van der Waals surface area contributed by atoms with Crippen molar-refractivity contribution in [3.05, 3.63) is 17.9 Å². The van der Waals surface area contributed by atoms with E-state index in [1.54, 1.807) is 0 Å². The lowest BCUT2D eigenvalue weighted by atomic mass is 10.5. The molecule has 0 bridgehead atoms. The fourth-order valence-corrected chi connectivity index (χ4v) is 2.39. The van der Waals surface area contributed by atoms with E-state index in [-0.39, 0.29) is 16.9 Å². The number of hydrogen-bond donors (Lipinski definition) is 1. The first kappa shape index (κ1) is 11.2. The first-order valence-corrected chi connectivity index (χ1v) is 6.22. The van der Waals surface area contributed by atoms with Gasteiger partial charge in [-0.3, -0.25) is 0 Å². The standard InChI is InChI=1S/C9H11NO5S/c1-14-9(11)7-4-5-8(15-7)16(12,13)10-6-2-3-6/h4-6,10H,2-3H2,1H3. The maximum absolute atomic E-state index is 11.6. The van der Waals surface area contributed by atoms with Crippen molar-refractivity contribution >= 4 is 16.0 Å². The lowest BCUT2D eigenvalue weighted by Crippen LogP contribution is -2.25. The summed E-state index contributed by atoms with van der Waals surface area (Å²) >= 11 is 0. The summed E-state index contributed by atoms with van der Waals surface area (Å²) in [6.45, 7) is 0. The Morgan fingerprint density at radius 2 is 2.19 bits per heavy atom. The molecule has 0 aromatic carbocycles. The zero-order chi connectivity index (χ0) is 11.8. The average molecular weight is 245 g/mol. The smallest absolute Gasteiger partial charge is 0.374 e. The van der Waals surface area contributed by atoms with Crippen LogP contribution in [0.2, 0.25) is 0 Å². The largest absolute Gasteiger partial charge is 0.463 e. The van der Waals surface area contributed by atoms with Crippen LogP contribution in [0, 0.1) is 0 Å². The summed E-state index contributed by atoms with van der Waals surface area (Å²) in [6.07, 6.45) is 1.67. The second kappa shape index (κ2) is 3.91. The number of ether oxygens (including phenoxy) is 1. The van der Waals surface area contributed by atoms with Gasteiger partial charge in [0.2, 0.25) is 10.9 Å². The fourth-order valence-electron chi connectivity index (χ4n) is 1.15. The second-order valence-corrected chi connectivity index (χ2v) is 5.15. The van der Waals surface area contributed by atoms with Gasteiger partial charge in [-0.25, -0.2) is 17.9 Å². The molecule has 0 atom stereocenters. The normalized spacial score (nSPS) is 16.1. The molecule has 1 aromatic heterocycles. The molecule has 0 amide bonds. The van der Waals surface area contributed by atoms with Crippen LogP contribution in [0.5, 0.6) is 0 Å². The van der Waals surface area contributed by atoms with Gasteiger partial charge in [0.25, 0.3) is 10.0 Å². The Morgan fingerprint density at radius 1 is 1.50 bits per heavy atom. The second-order valence-electron chi connectivity index (χ2n) is 3.51. The van der Waals surface area contributed by atoms with Crippen LogP contribution in [0.1, 0.15) is 23.4 Å². The zero-order valence-electron chi connectivity index (χ0n) is 8.60. The van der Waals surface area contributed by atoms with Gasteiger partial charge in [0.1, 0.15) is 0 Å². The van der Waals surface area contributed by atoms with Gasteiger partial charge in [-0.05, 0) is 25.0 Å². The van der Waals surface area contributed by atoms with Crippen LogP contribution in [-0.2, 0) is 14.8 Å². The molecule has 1 aromatic rings. The molecule has 0 spiro atoms. The number of carbonyl (C=O) groups is 1. The van der Waals surface area contributed by atoms with E-state index < -0.39 is 16.0 Å². The third-order valence-corrected chi connectivity index (χ3v) is 3.52. The molecule has 1 N–H and O–H groups in total. The highest BCUT2D eigenvalue weighted by atomic mass is 32.2. The van der Waals surface area contributed by atoms with Crippen LogP contribution >= 0.6 is 0 Å². The van der Waals surface area contributed by atoms with E-state index in [4.69, 9.17) is 4.42 Å². The van der Waals surface area contributed by atoms with Crippen molar-refractivity contribution in [3.63, 3.8) is 0 Å². The van der Waals surface area contributed by atoms with Crippen LogP contribution in [0.25, 0.3) is 0 Å². The molecule has 1 fully saturated rings. The molecule has 1 heterocycles. The molecule has 6 nitrogen and oxygen atoms in total. The van der Waals surface area contributed by atoms with Crippen LogP contribution in [0.4, 0.5) is 0 Å². The zero-order valence-corrected chi connectivity index (χ0v) is 9.41. The van der Waals surface area contributed by atoms with Crippen molar-refractivity contribution in [1.29, 1.82) is 0 Å². The van der Waals surface area contributed by atoms with Crippen LogP contribution < -0.4 is 4.72 Å². The van der Waals surface area contributed by atoms with Gasteiger partial charge < -0.3 is 9.15 Å². The molecule has 0 saturated heterocycles. The molecule has 1 aliphatic rings. The van der Waals surface area contributed by atoms with Crippen molar-refractivity contribution in [2.24, 2.45) is 0 Å². The van der Waals surface area contributed by atoms with Gasteiger partial charge in [0.15, 0.2) is 0 Å². The number of carbonyl (C=O) groups excluding carboxylic acids is 1. The Hall–Kier alpha value is -1.34. The number of sulfonamides is 1. The maximum atomic E-state index is 11.6. The topological polar surface area (TPSA) is 85.6 Å². The summed E-state index contributed by atoms with van der Waals surface area (Å²) in [5.74, 6) is -0.827. The summed E-state index contributed by atoms with van der Waals surface area (Å²) in [4.78, 5) is 11.1. The average Bonchev–Trinajstić information content (AvgIpc) is 2.88. The highest BCUT2D eigenvalue weighted by Gasteiger charge is 2.30. The fraction of sp³-hybridized carbons (Fsp3) is 0.444. The number of rotatable bonds is 4. The Labute approximate surface area is 92.6 Å². The van der Waals surface area contributed by atoms with E-state index in [2.05, 4.69) is 9.46 Å². The van der Waals surface area contributed by atoms with E-state index in [0.29, 0.717) is 0 Å². The van der Waals surface area contributed by atoms with E-state index in [9.17, 15) is 13.2 Å². The first-order chi connectivity index (χ1) is 7.53. The van der Waals surface area contributed by atoms with Crippen LogP contribution in [0.3, 0.4) is 0 Å². The molecule has 16 heavy (non-hydrogen) atoms. The van der Waals surface area contributed by atoms with Gasteiger partial charge in [-0.2, -0.15) is 0 Å². The quantitative estimate of drug-likeness (QED) is 0.781. The summed E-state index contributed by atoms with van der Waals surface area (Å²) in [6, 6.07) is 2.50. The molecule has 1 saturated carbocycles. The summed E-state index contributed by atoms with van der Waals surface area (Å²) < 4.78 is 35.1. The predicted molar refractivity (Wildman–Crippen MR) is 53.4 cm³/mol. The number of hydrogen-bond acceptors (Lipinski definition) is 5. The monoisotopic (exact) mass is 245 g/mol. The molecule has 0 aliphatic heterocycles. The summed E-state index contributed by atoms with van der Waals surface area (Å²) in [5.41, 5.74) is 0. The molecular formula is C9H11NO5S. The van der Waals surface area contributed by atoms with Gasteiger partial charge in [-0.15, -0.1) is 0 Å². The molecule has 0 unspecified atom stereocenters. The number of esters is 1. The maximum Gasteiger partial charge on any atom is 0.374 e. The molecule has 1 aliphatic carbocycles. The summed E-state index contributed by atoms with van der Waals surface area (Å²) in [5, 5.41) is -0.264. The summed E-state index contributed by atoms with van der Waals surface area (Å²) in [7, 11) is -2.45. The Balaban J connectivity index is 2.20. The Kier molecular flexibility index (Phi) is 2.73. The predicted octanol–water partition coefficient (Wildman–Crippen LogP) is 0.507. The van der Waals surface area contributed by atoms with E-state index >= 15 is 0 Å². The van der Waals surface area contributed by atoms with Crippen LogP contribution in [-0.4, -0.2) is 27.5 Å². The van der Waals surface area contributed by atoms with Crippen molar-refractivity contribution in [2.45, 2.75) is 24.0 Å². The lowest BCUT2D eigenvalue weighted by molar-refractivity contribution is 0.0559. The van der Waals surface area contributed by atoms with E-state index in [1.165, 1.54) is 19.2 Å². The molecule has 7 heteroatoms. The van der Waals surface area contributed by atoms with Crippen LogP contribution in [0.15, 0.2) is 21.6 Å². The number of nitrogens with one attached hydrogen (secondary N) is 1. The SMILES string of the molecule is COC(=O)c1ccc(S(=O)(=O)NC2CC2)o1. The van der Waals surface area contributed by atoms with Crippen molar-refractivity contribution in [2.75, 3.05) is 7.11 Å². The molecule has 88 valence electrons. The van der Waals surface area contributed by atoms with E-state index in [1.807, 2.05) is 0 Å². The number of methoxy groups -OCH3 is 1.